The van der Waals surface area contributed by atoms with Gasteiger partial charge in [0.05, 0.1) is 7.11 Å². The second kappa shape index (κ2) is 10.1. The summed E-state index contributed by atoms with van der Waals surface area (Å²) in [7, 11) is 3.50. The van der Waals surface area contributed by atoms with Gasteiger partial charge in [-0.25, -0.2) is 4.68 Å². The van der Waals surface area contributed by atoms with Gasteiger partial charge in [-0.2, -0.15) is 0 Å². The number of hydrogen-bond acceptors (Lipinski definition) is 7. The zero-order chi connectivity index (χ0) is 19.8. The third-order valence-electron chi connectivity index (χ3n) is 4.32. The van der Waals surface area contributed by atoms with Gasteiger partial charge >= 0.3 is 0 Å². The first-order chi connectivity index (χ1) is 13.7. The highest BCUT2D eigenvalue weighted by molar-refractivity contribution is 7.99. The van der Waals surface area contributed by atoms with E-state index in [1.165, 1.54) is 11.1 Å². The normalized spacial score (nSPS) is 10.8. The smallest absolute Gasteiger partial charge is 0.209 e. The van der Waals surface area contributed by atoms with E-state index in [0.717, 1.165) is 34.5 Å². The van der Waals surface area contributed by atoms with Crippen LogP contribution in [0.4, 0.5) is 0 Å². The van der Waals surface area contributed by atoms with Crippen LogP contribution in [0.5, 0.6) is 11.5 Å². The molecule has 0 bridgehead atoms. The van der Waals surface area contributed by atoms with E-state index < -0.39 is 0 Å². The third-order valence-corrected chi connectivity index (χ3v) is 5.33. The fourth-order valence-corrected chi connectivity index (χ4v) is 3.47. The van der Waals surface area contributed by atoms with E-state index >= 15 is 0 Å². The number of thioether (sulfide) groups is 1. The van der Waals surface area contributed by atoms with Crippen molar-refractivity contribution in [1.82, 2.24) is 25.5 Å². The van der Waals surface area contributed by atoms with Crippen LogP contribution in [-0.4, -0.2) is 39.6 Å². The number of para-hydroxylation sites is 1. The highest BCUT2D eigenvalue weighted by atomic mass is 32.2. The van der Waals surface area contributed by atoms with Gasteiger partial charge in [-0.15, -0.1) is 5.10 Å². The maximum atomic E-state index is 6.16. The molecule has 1 aromatic heterocycles. The van der Waals surface area contributed by atoms with Crippen LogP contribution in [0.1, 0.15) is 16.7 Å². The Morgan fingerprint density at radius 2 is 1.93 bits per heavy atom. The minimum absolute atomic E-state index is 0.509. The van der Waals surface area contributed by atoms with Gasteiger partial charge < -0.3 is 14.8 Å². The maximum Gasteiger partial charge on any atom is 0.209 e. The summed E-state index contributed by atoms with van der Waals surface area (Å²) >= 11 is 1.62. The molecule has 28 heavy (non-hydrogen) atoms. The zero-order valence-corrected chi connectivity index (χ0v) is 17.2. The van der Waals surface area contributed by atoms with E-state index in [1.54, 1.807) is 23.6 Å². The topological polar surface area (TPSA) is 74.1 Å². The number of aromatic nitrogens is 4. The lowest BCUT2D eigenvalue weighted by Gasteiger charge is -2.16. The first-order valence-corrected chi connectivity index (χ1v) is 10.1. The van der Waals surface area contributed by atoms with Crippen molar-refractivity contribution >= 4 is 11.8 Å². The molecule has 1 N–H and O–H groups in total. The number of nitrogens with zero attached hydrogens (tertiary/aromatic N) is 4. The van der Waals surface area contributed by atoms with E-state index in [9.17, 15) is 0 Å². The maximum absolute atomic E-state index is 6.16. The fourth-order valence-electron chi connectivity index (χ4n) is 2.73. The van der Waals surface area contributed by atoms with Gasteiger partial charge in [0.2, 0.25) is 5.16 Å². The molecule has 7 nitrogen and oxygen atoms in total. The van der Waals surface area contributed by atoms with Crippen LogP contribution in [0, 0.1) is 6.92 Å². The number of rotatable bonds is 10. The van der Waals surface area contributed by atoms with Gasteiger partial charge in [0, 0.05) is 31.5 Å². The molecule has 0 saturated heterocycles. The van der Waals surface area contributed by atoms with Crippen LogP contribution in [0.2, 0.25) is 0 Å². The fraction of sp³-hybridized carbons (Fsp3) is 0.350. The molecular formula is C20H25N5O2S. The predicted molar refractivity (Wildman–Crippen MR) is 110 cm³/mol. The minimum atomic E-state index is 0.509. The van der Waals surface area contributed by atoms with Crippen LogP contribution in [0.15, 0.2) is 47.6 Å². The van der Waals surface area contributed by atoms with Gasteiger partial charge in [-0.05, 0) is 34.5 Å². The Kier molecular flexibility index (Phi) is 7.27. The van der Waals surface area contributed by atoms with Gasteiger partial charge in [-0.3, -0.25) is 0 Å². The van der Waals surface area contributed by atoms with E-state index in [0.29, 0.717) is 13.2 Å². The molecule has 0 aliphatic carbocycles. The molecule has 0 saturated carbocycles. The molecule has 1 heterocycles. The zero-order valence-electron chi connectivity index (χ0n) is 16.4. The lowest BCUT2D eigenvalue weighted by atomic mass is 10.1. The van der Waals surface area contributed by atoms with Crippen LogP contribution < -0.4 is 14.8 Å². The molecular weight excluding hydrogens is 374 g/mol. The Labute approximate surface area is 169 Å². The van der Waals surface area contributed by atoms with E-state index in [1.807, 2.05) is 31.3 Å². The number of benzene rings is 2. The molecule has 0 atom stereocenters. The van der Waals surface area contributed by atoms with Crippen molar-refractivity contribution < 1.29 is 9.47 Å². The lowest BCUT2D eigenvalue weighted by Crippen LogP contribution is -2.17. The van der Waals surface area contributed by atoms with Gasteiger partial charge in [0.1, 0.15) is 6.61 Å². The Bertz CT molecular complexity index is 900. The first kappa shape index (κ1) is 20.2. The summed E-state index contributed by atoms with van der Waals surface area (Å²) in [6.07, 6.45) is 0. The molecule has 0 unspecified atom stereocenters. The summed E-state index contributed by atoms with van der Waals surface area (Å²) in [5.74, 6) is 2.40. The molecule has 0 aliphatic rings. The molecule has 0 radical (unpaired) electrons. The number of tetrazole rings is 1. The Morgan fingerprint density at radius 1 is 1.11 bits per heavy atom. The van der Waals surface area contributed by atoms with Gasteiger partial charge in [-0.1, -0.05) is 48.2 Å². The summed E-state index contributed by atoms with van der Waals surface area (Å²) in [6, 6.07) is 14.2. The molecule has 148 valence electrons. The van der Waals surface area contributed by atoms with Crippen molar-refractivity contribution in [2.75, 3.05) is 19.4 Å². The summed E-state index contributed by atoms with van der Waals surface area (Å²) in [4.78, 5) is 0. The number of aryl methyl sites for hydroxylation is 2. The van der Waals surface area contributed by atoms with Gasteiger partial charge in [0.15, 0.2) is 11.5 Å². The van der Waals surface area contributed by atoms with E-state index in [4.69, 9.17) is 9.47 Å². The van der Waals surface area contributed by atoms with E-state index in [2.05, 4.69) is 46.0 Å². The summed E-state index contributed by atoms with van der Waals surface area (Å²) < 4.78 is 13.3. The average molecular weight is 400 g/mol. The molecule has 0 aliphatic heterocycles. The highest BCUT2D eigenvalue weighted by Gasteiger charge is 2.11. The monoisotopic (exact) mass is 399 g/mol. The molecule has 2 aromatic carbocycles. The number of hydrogen-bond donors (Lipinski definition) is 1. The van der Waals surface area contributed by atoms with Crippen LogP contribution in [-0.2, 0) is 20.2 Å². The molecule has 0 spiro atoms. The SMILES string of the molecule is COc1cccc(CNCCSc2nnnn2C)c1OCc1ccccc1C. The van der Waals surface area contributed by atoms with Gasteiger partial charge in [0.25, 0.3) is 0 Å². The standard InChI is InChI=1S/C20H25N5O2S/c1-15-7-4-5-8-17(15)14-27-19-16(9-6-10-18(19)26-3)13-21-11-12-28-20-22-23-24-25(20)2/h4-10,21H,11-14H2,1-3H3. The molecule has 0 fully saturated rings. The Hall–Kier alpha value is -2.58. The number of ether oxygens (including phenoxy) is 2. The molecule has 8 heteroatoms. The molecule has 3 aromatic rings. The lowest BCUT2D eigenvalue weighted by molar-refractivity contribution is 0.280. The minimum Gasteiger partial charge on any atom is -0.493 e. The van der Waals surface area contributed by atoms with Crippen LogP contribution in [0.25, 0.3) is 0 Å². The number of nitrogens with one attached hydrogen (secondary N) is 1. The quantitative estimate of drug-likeness (QED) is 0.415. The first-order valence-electron chi connectivity index (χ1n) is 9.08. The Morgan fingerprint density at radius 3 is 2.68 bits per heavy atom. The van der Waals surface area contributed by atoms with Crippen molar-refractivity contribution in [2.24, 2.45) is 7.05 Å². The predicted octanol–water partition coefficient (Wildman–Crippen LogP) is 2.99. The third kappa shape index (κ3) is 5.24. The van der Waals surface area contributed by atoms with E-state index in [-0.39, 0.29) is 0 Å². The second-order valence-electron chi connectivity index (χ2n) is 6.27. The second-order valence-corrected chi connectivity index (χ2v) is 7.34. The summed E-state index contributed by atoms with van der Waals surface area (Å²) in [6.45, 7) is 4.12. The van der Waals surface area contributed by atoms with Crippen LogP contribution in [0.3, 0.4) is 0 Å². The highest BCUT2D eigenvalue weighted by Crippen LogP contribution is 2.32. The summed E-state index contributed by atoms with van der Waals surface area (Å²) in [5, 5.41) is 15.7. The Balaban J connectivity index is 1.57. The molecule has 3 rings (SSSR count). The van der Waals surface area contributed by atoms with Crippen LogP contribution >= 0.6 is 11.8 Å². The van der Waals surface area contributed by atoms with Crippen molar-refractivity contribution in [1.29, 1.82) is 0 Å². The average Bonchev–Trinajstić information content (AvgIpc) is 3.12. The van der Waals surface area contributed by atoms with Crippen molar-refractivity contribution in [3.8, 4) is 11.5 Å². The summed E-state index contributed by atoms with van der Waals surface area (Å²) in [5.41, 5.74) is 3.45. The number of methoxy groups -OCH3 is 1. The van der Waals surface area contributed by atoms with Crippen molar-refractivity contribution in [3.05, 3.63) is 59.2 Å². The molecule has 0 amide bonds. The largest absolute Gasteiger partial charge is 0.493 e. The van der Waals surface area contributed by atoms with Crippen molar-refractivity contribution in [2.45, 2.75) is 25.2 Å². The van der Waals surface area contributed by atoms with Crippen molar-refractivity contribution in [3.63, 3.8) is 0 Å².